The van der Waals surface area contributed by atoms with E-state index >= 15 is 0 Å². The molecule has 74 valence electrons. The molecule has 1 aromatic rings. The lowest BCUT2D eigenvalue weighted by atomic mass is 10.2. The van der Waals surface area contributed by atoms with Crippen LogP contribution in [-0.2, 0) is 0 Å². The Bertz CT molecular complexity index is 248. The van der Waals surface area contributed by atoms with Crippen molar-refractivity contribution in [3.63, 3.8) is 0 Å². The summed E-state index contributed by atoms with van der Waals surface area (Å²) in [5, 5.41) is 6.65. The summed E-state index contributed by atoms with van der Waals surface area (Å²) in [6, 6.07) is 2.41. The molecule has 0 saturated carbocycles. The maximum absolute atomic E-state index is 5.64. The molecule has 0 bridgehead atoms. The number of thiophene rings is 1. The van der Waals surface area contributed by atoms with Crippen LogP contribution >= 0.6 is 27.3 Å². The molecule has 0 amide bonds. The minimum absolute atomic E-state index is 0.317. The van der Waals surface area contributed by atoms with Gasteiger partial charge in [-0.2, -0.15) is 0 Å². The Kier molecular flexibility index (Phi) is 4.77. The lowest BCUT2D eigenvalue weighted by Gasteiger charge is -2.05. The van der Waals surface area contributed by atoms with Crippen molar-refractivity contribution >= 4 is 32.3 Å². The van der Waals surface area contributed by atoms with Crippen LogP contribution in [0.2, 0.25) is 0 Å². The molecule has 1 heterocycles. The first-order valence-corrected chi connectivity index (χ1v) is 6.09. The molecule has 3 N–H and O–H groups in total. The molecule has 0 spiro atoms. The van der Waals surface area contributed by atoms with Crippen LogP contribution in [0.5, 0.6) is 0 Å². The molecule has 1 rings (SSSR count). The van der Waals surface area contributed by atoms with Crippen molar-refractivity contribution < 1.29 is 0 Å². The van der Waals surface area contributed by atoms with Crippen molar-refractivity contribution in [2.45, 2.75) is 25.8 Å². The lowest BCUT2D eigenvalue weighted by Crippen LogP contribution is -2.15. The Morgan fingerprint density at radius 1 is 1.69 bits per heavy atom. The molecule has 0 saturated heterocycles. The third kappa shape index (κ3) is 4.64. The van der Waals surface area contributed by atoms with E-state index in [0.717, 1.165) is 23.9 Å². The largest absolute Gasteiger partial charge is 0.377 e. The monoisotopic (exact) mass is 262 g/mol. The number of hydrogen-bond acceptors (Lipinski definition) is 3. The second kappa shape index (κ2) is 5.62. The first-order chi connectivity index (χ1) is 6.18. The summed E-state index contributed by atoms with van der Waals surface area (Å²) in [6.07, 6.45) is 2.22. The van der Waals surface area contributed by atoms with Crippen molar-refractivity contribution in [3.8, 4) is 0 Å². The van der Waals surface area contributed by atoms with Gasteiger partial charge < -0.3 is 11.1 Å². The Labute approximate surface area is 91.7 Å². The van der Waals surface area contributed by atoms with Crippen LogP contribution in [0.1, 0.15) is 19.8 Å². The number of anilines is 1. The first kappa shape index (κ1) is 11.0. The number of rotatable bonds is 5. The van der Waals surface area contributed by atoms with Crippen molar-refractivity contribution in [3.05, 3.63) is 15.9 Å². The maximum atomic E-state index is 5.64. The third-order valence-corrected chi connectivity index (χ3v) is 3.35. The fourth-order valence-corrected chi connectivity index (χ4v) is 2.39. The highest BCUT2D eigenvalue weighted by Gasteiger charge is 1.97. The standard InChI is InChI=1S/C9H15BrN2S/c1-7(11)3-2-4-12-9-5-8(10)6-13-9/h5-7,12H,2-4,11H2,1H3. The summed E-state index contributed by atoms with van der Waals surface area (Å²) in [6.45, 7) is 3.05. The van der Waals surface area contributed by atoms with E-state index in [0.29, 0.717) is 6.04 Å². The topological polar surface area (TPSA) is 38.0 Å². The molecular formula is C9H15BrN2S. The molecule has 4 heteroatoms. The van der Waals surface area contributed by atoms with Crippen LogP contribution < -0.4 is 11.1 Å². The maximum Gasteiger partial charge on any atom is 0.0894 e. The van der Waals surface area contributed by atoms with E-state index in [1.165, 1.54) is 5.00 Å². The van der Waals surface area contributed by atoms with Gasteiger partial charge in [-0.1, -0.05) is 0 Å². The van der Waals surface area contributed by atoms with E-state index in [1.807, 2.05) is 6.92 Å². The summed E-state index contributed by atoms with van der Waals surface area (Å²) in [5.41, 5.74) is 5.64. The predicted octanol–water partition coefficient (Wildman–Crippen LogP) is 3.05. The van der Waals surface area contributed by atoms with Crippen LogP contribution in [0.25, 0.3) is 0 Å². The normalized spacial score (nSPS) is 12.8. The average Bonchev–Trinajstić information content (AvgIpc) is 2.45. The van der Waals surface area contributed by atoms with Gasteiger partial charge in [0, 0.05) is 22.4 Å². The molecule has 1 unspecified atom stereocenters. The summed E-state index contributed by atoms with van der Waals surface area (Å²) in [5.74, 6) is 0. The van der Waals surface area contributed by atoms with Gasteiger partial charge in [-0.3, -0.25) is 0 Å². The Morgan fingerprint density at radius 3 is 3.00 bits per heavy atom. The van der Waals surface area contributed by atoms with Crippen molar-refractivity contribution in [2.24, 2.45) is 5.73 Å². The number of hydrogen-bond donors (Lipinski definition) is 2. The molecule has 0 aliphatic heterocycles. The van der Waals surface area contributed by atoms with Gasteiger partial charge in [0.2, 0.25) is 0 Å². The van der Waals surface area contributed by atoms with Crippen LogP contribution in [0, 0.1) is 0 Å². The predicted molar refractivity (Wildman–Crippen MR) is 63.4 cm³/mol. The second-order valence-electron chi connectivity index (χ2n) is 3.18. The Balaban J connectivity index is 2.13. The molecule has 0 aliphatic carbocycles. The highest BCUT2D eigenvalue weighted by atomic mass is 79.9. The lowest BCUT2D eigenvalue weighted by molar-refractivity contribution is 0.639. The summed E-state index contributed by atoms with van der Waals surface area (Å²) in [7, 11) is 0. The molecule has 0 aliphatic rings. The van der Waals surface area contributed by atoms with E-state index in [-0.39, 0.29) is 0 Å². The van der Waals surface area contributed by atoms with Crippen molar-refractivity contribution in [1.29, 1.82) is 0 Å². The van der Waals surface area contributed by atoms with E-state index in [2.05, 4.69) is 32.7 Å². The summed E-state index contributed by atoms with van der Waals surface area (Å²) in [4.78, 5) is 0. The molecule has 0 fully saturated rings. The summed E-state index contributed by atoms with van der Waals surface area (Å²) >= 11 is 5.13. The highest BCUT2D eigenvalue weighted by Crippen LogP contribution is 2.24. The minimum Gasteiger partial charge on any atom is -0.377 e. The quantitative estimate of drug-likeness (QED) is 0.801. The number of nitrogens with two attached hydrogens (primary N) is 1. The molecule has 1 atom stereocenters. The molecular weight excluding hydrogens is 248 g/mol. The van der Waals surface area contributed by atoms with E-state index < -0.39 is 0 Å². The van der Waals surface area contributed by atoms with Gasteiger partial charge in [-0.15, -0.1) is 11.3 Å². The number of nitrogens with one attached hydrogen (secondary N) is 1. The second-order valence-corrected chi connectivity index (χ2v) is 5.00. The zero-order valence-corrected chi connectivity index (χ0v) is 10.1. The van der Waals surface area contributed by atoms with E-state index in [1.54, 1.807) is 11.3 Å². The zero-order chi connectivity index (χ0) is 9.68. The van der Waals surface area contributed by atoms with Gasteiger partial charge in [0.1, 0.15) is 0 Å². The first-order valence-electron chi connectivity index (χ1n) is 4.42. The molecule has 13 heavy (non-hydrogen) atoms. The Morgan fingerprint density at radius 2 is 2.46 bits per heavy atom. The van der Waals surface area contributed by atoms with Gasteiger partial charge in [0.05, 0.1) is 5.00 Å². The summed E-state index contributed by atoms with van der Waals surface area (Å²) < 4.78 is 1.15. The van der Waals surface area contributed by atoms with Crippen LogP contribution in [-0.4, -0.2) is 12.6 Å². The smallest absolute Gasteiger partial charge is 0.0894 e. The van der Waals surface area contributed by atoms with E-state index in [9.17, 15) is 0 Å². The SMILES string of the molecule is CC(N)CCCNc1cc(Br)cs1. The van der Waals surface area contributed by atoms with Crippen molar-refractivity contribution in [1.82, 2.24) is 0 Å². The third-order valence-electron chi connectivity index (χ3n) is 1.70. The van der Waals surface area contributed by atoms with Gasteiger partial charge in [-0.05, 0) is 41.8 Å². The van der Waals surface area contributed by atoms with Crippen LogP contribution in [0.4, 0.5) is 5.00 Å². The molecule has 0 radical (unpaired) electrons. The van der Waals surface area contributed by atoms with Gasteiger partial charge >= 0.3 is 0 Å². The van der Waals surface area contributed by atoms with Crippen molar-refractivity contribution in [2.75, 3.05) is 11.9 Å². The van der Waals surface area contributed by atoms with E-state index in [4.69, 9.17) is 5.73 Å². The number of halogens is 1. The molecule has 0 aromatic carbocycles. The fourth-order valence-electron chi connectivity index (χ4n) is 1.04. The Hall–Kier alpha value is -0.0600. The van der Waals surface area contributed by atoms with Gasteiger partial charge in [-0.25, -0.2) is 0 Å². The van der Waals surface area contributed by atoms with Gasteiger partial charge in [0.15, 0.2) is 0 Å². The van der Waals surface area contributed by atoms with Gasteiger partial charge in [0.25, 0.3) is 0 Å². The average molecular weight is 263 g/mol. The molecule has 2 nitrogen and oxygen atoms in total. The zero-order valence-electron chi connectivity index (χ0n) is 7.72. The molecule has 1 aromatic heterocycles. The highest BCUT2D eigenvalue weighted by molar-refractivity contribution is 9.10. The van der Waals surface area contributed by atoms with Crippen LogP contribution in [0.15, 0.2) is 15.9 Å². The fraction of sp³-hybridized carbons (Fsp3) is 0.556. The minimum atomic E-state index is 0.317. The van der Waals surface area contributed by atoms with Crippen LogP contribution in [0.3, 0.4) is 0 Å².